The van der Waals surface area contributed by atoms with Gasteiger partial charge in [-0.15, -0.1) is 0 Å². The van der Waals surface area contributed by atoms with Gasteiger partial charge in [-0.1, -0.05) is 42.4 Å². The number of rotatable bonds is 10. The van der Waals surface area contributed by atoms with Gasteiger partial charge >= 0.3 is 0 Å². The Balaban J connectivity index is 1.59. The van der Waals surface area contributed by atoms with Crippen LogP contribution in [0.1, 0.15) is 61.6 Å². The van der Waals surface area contributed by atoms with Gasteiger partial charge in [-0.25, -0.2) is 9.97 Å². The second-order valence-electron chi connectivity index (χ2n) is 13.6. The highest BCUT2D eigenvalue weighted by atomic mass is 32.2. The van der Waals surface area contributed by atoms with Gasteiger partial charge in [0.2, 0.25) is 5.91 Å². The molecule has 5 rings (SSSR count). The molecular formula is C39H52N8O3S. The monoisotopic (exact) mass is 712 g/mol. The first-order valence-corrected chi connectivity index (χ1v) is 18.8. The number of Topliss-reactive ketones (excluding diaryl/α,β-unsaturated/α-hetero) is 2. The molecule has 1 aliphatic heterocycles. The summed E-state index contributed by atoms with van der Waals surface area (Å²) in [6.07, 6.45) is 9.74. The minimum Gasteiger partial charge on any atom is -0.362 e. The molecule has 1 aliphatic rings. The molecule has 6 N–H and O–H groups in total. The van der Waals surface area contributed by atoms with Crippen molar-refractivity contribution in [2.75, 3.05) is 39.1 Å². The Bertz CT molecular complexity index is 1790. The number of unbranched alkanes of at least 4 members (excludes halogenated alkanes) is 1. The smallest absolute Gasteiger partial charge is 0.226 e. The highest BCUT2D eigenvalue weighted by molar-refractivity contribution is 7.99. The SMILES string of the molecule is CN(C)c1nccc2c1CCC(=O)[C@H](Cc1c[nH]c3ccccc13)N(C)C(=O)[C@H](CCCCN)CC(=O)[C@H](CCCN)NCc1cccnc1S2. The molecule has 4 heterocycles. The molecule has 0 saturated heterocycles. The number of hydrogen-bond acceptors (Lipinski definition) is 10. The van der Waals surface area contributed by atoms with Crippen LogP contribution >= 0.6 is 11.8 Å². The molecule has 3 aromatic heterocycles. The molecule has 0 aliphatic carbocycles. The van der Waals surface area contributed by atoms with E-state index in [-0.39, 0.29) is 30.3 Å². The predicted molar refractivity (Wildman–Crippen MR) is 204 cm³/mol. The molecule has 0 unspecified atom stereocenters. The van der Waals surface area contributed by atoms with Gasteiger partial charge in [-0.05, 0) is 74.5 Å². The number of amides is 1. The quantitative estimate of drug-likeness (QED) is 0.170. The summed E-state index contributed by atoms with van der Waals surface area (Å²) in [6, 6.07) is 12.6. The summed E-state index contributed by atoms with van der Waals surface area (Å²) in [5.74, 6) is -0.0668. The van der Waals surface area contributed by atoms with Crippen molar-refractivity contribution in [1.82, 2.24) is 25.2 Å². The van der Waals surface area contributed by atoms with Crippen molar-refractivity contribution in [3.8, 4) is 0 Å². The predicted octanol–water partition coefficient (Wildman–Crippen LogP) is 4.66. The summed E-state index contributed by atoms with van der Waals surface area (Å²) in [4.78, 5) is 60.4. The number of H-pyrrole nitrogens is 1. The van der Waals surface area contributed by atoms with Crippen molar-refractivity contribution in [3.63, 3.8) is 0 Å². The number of fused-ring (bicyclic) bond motifs is 3. The average Bonchev–Trinajstić information content (AvgIpc) is 3.55. The van der Waals surface area contributed by atoms with E-state index in [0.717, 1.165) is 49.8 Å². The number of para-hydroxylation sites is 1. The van der Waals surface area contributed by atoms with Crippen LogP contribution in [-0.4, -0.2) is 83.6 Å². The lowest BCUT2D eigenvalue weighted by Gasteiger charge is -2.31. The van der Waals surface area contributed by atoms with Gasteiger partial charge in [-0.2, -0.15) is 0 Å². The highest BCUT2D eigenvalue weighted by Crippen LogP contribution is 2.36. The lowest BCUT2D eigenvalue weighted by atomic mass is 9.89. The molecular weight excluding hydrogens is 661 g/mol. The summed E-state index contributed by atoms with van der Waals surface area (Å²) >= 11 is 1.54. The lowest BCUT2D eigenvalue weighted by molar-refractivity contribution is -0.143. The molecule has 0 saturated carbocycles. The standard InChI is InChI=1S/C39H52N8O3S/c1-46(2)37-30-15-16-34(48)33(22-28-25-44-31-13-5-4-12-29(28)31)47(3)39(50)26(10-6-7-18-40)23-35(49)32(14-8-19-41)45-24-27-11-9-20-43-38(27)51-36(30)17-21-42-37/h4-5,9,11-13,17,20-21,25-26,32-33,44-45H,6-8,10,14-16,18-19,22-24,40-41H2,1-3H3/t26-,32+,33+/m1/s1. The van der Waals surface area contributed by atoms with Crippen molar-refractivity contribution in [2.24, 2.45) is 17.4 Å². The normalized spacial score (nSPS) is 19.5. The van der Waals surface area contributed by atoms with Gasteiger partial charge in [0, 0.05) is 92.8 Å². The van der Waals surface area contributed by atoms with Crippen molar-refractivity contribution in [3.05, 3.63) is 77.7 Å². The fourth-order valence-corrected chi connectivity index (χ4v) is 7.97. The van der Waals surface area contributed by atoms with Crippen LogP contribution in [0.4, 0.5) is 5.82 Å². The summed E-state index contributed by atoms with van der Waals surface area (Å²) in [5.41, 5.74) is 15.6. The van der Waals surface area contributed by atoms with Crippen LogP contribution in [0, 0.1) is 5.92 Å². The number of carbonyl (C=O) groups excluding carboxylic acids is 3. The summed E-state index contributed by atoms with van der Waals surface area (Å²) in [7, 11) is 5.62. The van der Waals surface area contributed by atoms with E-state index in [1.807, 2.05) is 67.7 Å². The molecule has 0 bridgehead atoms. The van der Waals surface area contributed by atoms with Crippen LogP contribution in [0.2, 0.25) is 0 Å². The van der Waals surface area contributed by atoms with E-state index < -0.39 is 18.0 Å². The third-order valence-corrected chi connectivity index (χ3v) is 11.0. The van der Waals surface area contributed by atoms with Gasteiger partial charge in [-0.3, -0.25) is 14.4 Å². The molecule has 51 heavy (non-hydrogen) atoms. The van der Waals surface area contributed by atoms with E-state index in [2.05, 4.69) is 10.3 Å². The molecule has 11 nitrogen and oxygen atoms in total. The van der Waals surface area contributed by atoms with Crippen LogP contribution in [0.5, 0.6) is 0 Å². The van der Waals surface area contributed by atoms with Gasteiger partial charge in [0.15, 0.2) is 11.6 Å². The topological polar surface area (TPSA) is 163 Å². The molecule has 0 radical (unpaired) electrons. The number of anilines is 1. The zero-order valence-corrected chi connectivity index (χ0v) is 30.9. The molecule has 1 aromatic carbocycles. The van der Waals surface area contributed by atoms with Gasteiger partial charge in [0.1, 0.15) is 10.8 Å². The zero-order chi connectivity index (χ0) is 36.3. The summed E-state index contributed by atoms with van der Waals surface area (Å²) in [5, 5.41) is 5.34. The molecule has 272 valence electrons. The first kappa shape index (κ1) is 38.1. The van der Waals surface area contributed by atoms with E-state index in [0.29, 0.717) is 58.2 Å². The van der Waals surface area contributed by atoms with Crippen molar-refractivity contribution in [2.45, 2.75) is 86.3 Å². The lowest BCUT2D eigenvalue weighted by Crippen LogP contribution is -2.47. The Kier molecular flexibility index (Phi) is 13.8. The minimum atomic E-state index is -0.733. The second kappa shape index (κ2) is 18.4. The molecule has 12 heteroatoms. The number of aromatic nitrogens is 3. The number of likely N-dealkylation sites (N-methyl/N-ethyl adjacent to an activating group) is 1. The maximum atomic E-state index is 14.5. The van der Waals surface area contributed by atoms with Crippen molar-refractivity contribution >= 4 is 46.0 Å². The van der Waals surface area contributed by atoms with Crippen LogP contribution in [0.15, 0.2) is 71.0 Å². The number of nitrogens with two attached hydrogens (primary N) is 2. The number of aromatic amines is 1. The van der Waals surface area contributed by atoms with Gasteiger partial charge in [0.05, 0.1) is 12.1 Å². The number of pyridine rings is 2. The van der Waals surface area contributed by atoms with Crippen molar-refractivity contribution < 1.29 is 14.4 Å². The number of hydrogen-bond donors (Lipinski definition) is 4. The van der Waals surface area contributed by atoms with Crippen LogP contribution in [0.3, 0.4) is 0 Å². The maximum Gasteiger partial charge on any atom is 0.226 e. The average molecular weight is 713 g/mol. The van der Waals surface area contributed by atoms with Gasteiger partial charge < -0.3 is 31.6 Å². The highest BCUT2D eigenvalue weighted by Gasteiger charge is 2.34. The summed E-state index contributed by atoms with van der Waals surface area (Å²) < 4.78 is 0. The van der Waals surface area contributed by atoms with Crippen molar-refractivity contribution in [1.29, 1.82) is 0 Å². The molecule has 4 aromatic rings. The largest absolute Gasteiger partial charge is 0.362 e. The first-order valence-electron chi connectivity index (χ1n) is 18.0. The number of nitrogens with zero attached hydrogens (tertiary/aromatic N) is 4. The Hall–Kier alpha value is -4.10. The maximum absolute atomic E-state index is 14.5. The molecule has 1 amide bonds. The van der Waals surface area contributed by atoms with Crippen LogP contribution in [0.25, 0.3) is 10.9 Å². The molecule has 0 fully saturated rings. The Morgan fingerprint density at radius 3 is 2.51 bits per heavy atom. The number of nitrogens with one attached hydrogen (secondary N) is 2. The third kappa shape index (κ3) is 9.62. The van der Waals surface area contributed by atoms with E-state index in [9.17, 15) is 14.4 Å². The number of benzene rings is 1. The zero-order valence-electron chi connectivity index (χ0n) is 30.1. The Morgan fingerprint density at radius 1 is 0.922 bits per heavy atom. The Morgan fingerprint density at radius 2 is 1.73 bits per heavy atom. The third-order valence-electron chi connectivity index (χ3n) is 9.79. The molecule has 0 spiro atoms. The van der Waals surface area contributed by atoms with Crippen LogP contribution in [-0.2, 0) is 33.8 Å². The summed E-state index contributed by atoms with van der Waals surface area (Å²) in [6.45, 7) is 1.39. The minimum absolute atomic E-state index is 0.0306. The van der Waals surface area contributed by atoms with Gasteiger partial charge in [0.25, 0.3) is 0 Å². The van der Waals surface area contributed by atoms with Crippen LogP contribution < -0.4 is 21.7 Å². The van der Waals surface area contributed by atoms with E-state index in [4.69, 9.17) is 21.4 Å². The molecule has 3 atom stereocenters. The fourth-order valence-electron chi connectivity index (χ4n) is 6.93. The number of ketones is 2. The Labute approximate surface area is 305 Å². The van der Waals surface area contributed by atoms with E-state index in [1.54, 1.807) is 24.3 Å². The van der Waals surface area contributed by atoms with E-state index in [1.165, 1.54) is 11.8 Å². The van der Waals surface area contributed by atoms with E-state index >= 15 is 0 Å². The first-order chi connectivity index (χ1) is 24.7. The fraction of sp³-hybridized carbons (Fsp3) is 0.462. The second-order valence-corrected chi connectivity index (χ2v) is 14.6. The number of carbonyl (C=O) groups is 3.